The summed E-state index contributed by atoms with van der Waals surface area (Å²) in [5, 5.41) is 13.4. The molecule has 2 N–H and O–H groups in total. The minimum Gasteiger partial charge on any atom is -0.389 e. The molecule has 0 aromatic heterocycles. The fraction of sp³-hybridized carbons (Fsp3) is 0.909. The first-order valence-corrected chi connectivity index (χ1v) is 6.28. The van der Waals surface area contributed by atoms with Gasteiger partial charge in [-0.15, -0.1) is 11.6 Å². The van der Waals surface area contributed by atoms with Crippen molar-refractivity contribution >= 4 is 17.5 Å². The summed E-state index contributed by atoms with van der Waals surface area (Å²) >= 11 is 5.43. The predicted octanol–water partition coefficient (Wildman–Crippen LogP) is 0.663. The summed E-state index contributed by atoms with van der Waals surface area (Å²) in [5.41, 5.74) is -0.788. The third-order valence-corrected chi connectivity index (χ3v) is 4.15. The van der Waals surface area contributed by atoms with Gasteiger partial charge in [0.05, 0.1) is 5.60 Å². The number of ether oxygens (including phenoxy) is 1. The van der Waals surface area contributed by atoms with Crippen LogP contribution in [-0.4, -0.2) is 42.3 Å². The zero-order chi connectivity index (χ0) is 11.6. The van der Waals surface area contributed by atoms with E-state index in [1.54, 1.807) is 0 Å². The minimum atomic E-state index is -0.662. The summed E-state index contributed by atoms with van der Waals surface area (Å²) in [6.07, 6.45) is 3.30. The van der Waals surface area contributed by atoms with Crippen molar-refractivity contribution in [2.75, 3.05) is 25.6 Å². The van der Waals surface area contributed by atoms with Gasteiger partial charge in [0.1, 0.15) is 5.88 Å². The van der Waals surface area contributed by atoms with Gasteiger partial charge in [-0.3, -0.25) is 4.79 Å². The highest BCUT2D eigenvalue weighted by molar-refractivity contribution is 6.27. The average Bonchev–Trinajstić information content (AvgIpc) is 3.08. The first-order chi connectivity index (χ1) is 7.62. The molecule has 1 aliphatic heterocycles. The largest absolute Gasteiger partial charge is 0.389 e. The Morgan fingerprint density at radius 2 is 1.94 bits per heavy atom. The number of amides is 1. The van der Waals surface area contributed by atoms with E-state index < -0.39 is 5.60 Å². The third-order valence-electron chi connectivity index (χ3n) is 3.91. The molecule has 92 valence electrons. The van der Waals surface area contributed by atoms with E-state index >= 15 is 0 Å². The number of carbonyl (C=O) groups excluding carboxylic acids is 1. The molecule has 2 aliphatic rings. The molecule has 16 heavy (non-hydrogen) atoms. The predicted molar refractivity (Wildman–Crippen MR) is 60.4 cm³/mol. The lowest BCUT2D eigenvalue weighted by Crippen LogP contribution is -2.49. The molecule has 2 fully saturated rings. The highest BCUT2D eigenvalue weighted by Crippen LogP contribution is 2.56. The quantitative estimate of drug-likeness (QED) is 0.718. The van der Waals surface area contributed by atoms with Crippen LogP contribution in [0.3, 0.4) is 0 Å². The number of hydrogen-bond donors (Lipinski definition) is 2. The van der Waals surface area contributed by atoms with Crippen molar-refractivity contribution in [3.63, 3.8) is 0 Å². The molecule has 0 unspecified atom stereocenters. The van der Waals surface area contributed by atoms with E-state index in [-0.39, 0.29) is 17.2 Å². The summed E-state index contributed by atoms with van der Waals surface area (Å²) in [4.78, 5) is 11.1. The van der Waals surface area contributed by atoms with Crippen LogP contribution in [-0.2, 0) is 9.53 Å². The van der Waals surface area contributed by atoms with E-state index in [1.807, 2.05) is 0 Å². The summed E-state index contributed by atoms with van der Waals surface area (Å²) in [6.45, 7) is 1.76. The molecule has 1 saturated carbocycles. The maximum absolute atomic E-state index is 11.1. The van der Waals surface area contributed by atoms with Crippen LogP contribution in [0.5, 0.6) is 0 Å². The third kappa shape index (κ3) is 2.19. The Bertz CT molecular complexity index is 272. The van der Waals surface area contributed by atoms with Crippen molar-refractivity contribution < 1.29 is 14.6 Å². The Morgan fingerprint density at radius 3 is 2.44 bits per heavy atom. The van der Waals surface area contributed by atoms with Crippen LogP contribution in [0, 0.1) is 5.41 Å². The molecule has 5 heteroatoms. The zero-order valence-electron chi connectivity index (χ0n) is 9.30. The summed E-state index contributed by atoms with van der Waals surface area (Å²) in [7, 11) is 0. The van der Waals surface area contributed by atoms with Crippen LogP contribution in [0.4, 0.5) is 0 Å². The highest BCUT2D eigenvalue weighted by atomic mass is 35.5. The molecule has 0 aromatic rings. The summed E-state index contributed by atoms with van der Waals surface area (Å²) in [6, 6.07) is 0. The van der Waals surface area contributed by atoms with E-state index in [0.29, 0.717) is 32.6 Å². The number of aliphatic hydroxyl groups is 1. The number of hydrogen-bond acceptors (Lipinski definition) is 3. The lowest BCUT2D eigenvalue weighted by atomic mass is 9.78. The minimum absolute atomic E-state index is 0.0163. The SMILES string of the molecule is O=C(CCl)NCC1(C2(O)CCOCC2)CC1. The highest BCUT2D eigenvalue weighted by Gasteiger charge is 2.58. The molecule has 0 spiro atoms. The van der Waals surface area contributed by atoms with Crippen molar-refractivity contribution in [1.29, 1.82) is 0 Å². The van der Waals surface area contributed by atoms with Gasteiger partial charge in [-0.2, -0.15) is 0 Å². The van der Waals surface area contributed by atoms with Gasteiger partial charge >= 0.3 is 0 Å². The van der Waals surface area contributed by atoms with Crippen LogP contribution >= 0.6 is 11.6 Å². The second-order valence-corrected chi connectivity index (χ2v) is 5.10. The number of halogens is 1. The molecule has 1 amide bonds. The van der Waals surface area contributed by atoms with Crippen molar-refractivity contribution in [2.45, 2.75) is 31.3 Å². The molecule has 0 atom stereocenters. The van der Waals surface area contributed by atoms with Crippen molar-refractivity contribution in [3.8, 4) is 0 Å². The van der Waals surface area contributed by atoms with Gasteiger partial charge in [0.25, 0.3) is 0 Å². The van der Waals surface area contributed by atoms with Crippen molar-refractivity contribution in [2.24, 2.45) is 5.41 Å². The zero-order valence-corrected chi connectivity index (χ0v) is 10.1. The van der Waals surface area contributed by atoms with Crippen LogP contribution in [0.15, 0.2) is 0 Å². The molecule has 1 aliphatic carbocycles. The average molecular weight is 248 g/mol. The standard InChI is InChI=1S/C11H18ClNO3/c12-7-9(14)13-8-10(1-2-10)11(15)3-5-16-6-4-11/h15H,1-8H2,(H,13,14). The molecule has 1 heterocycles. The number of alkyl halides is 1. The van der Waals surface area contributed by atoms with Gasteiger partial charge in [-0.1, -0.05) is 0 Å². The number of nitrogens with one attached hydrogen (secondary N) is 1. The van der Waals surface area contributed by atoms with Gasteiger partial charge in [0, 0.05) is 38.0 Å². The van der Waals surface area contributed by atoms with E-state index in [0.717, 1.165) is 12.8 Å². The number of carbonyl (C=O) groups is 1. The fourth-order valence-corrected chi connectivity index (χ4v) is 2.61. The maximum Gasteiger partial charge on any atom is 0.234 e. The Labute approximate surface area is 100 Å². The van der Waals surface area contributed by atoms with Gasteiger partial charge in [-0.25, -0.2) is 0 Å². The van der Waals surface area contributed by atoms with E-state index in [2.05, 4.69) is 5.32 Å². The second-order valence-electron chi connectivity index (χ2n) is 4.83. The van der Waals surface area contributed by atoms with Gasteiger partial charge < -0.3 is 15.2 Å². The van der Waals surface area contributed by atoms with Gasteiger partial charge in [0.15, 0.2) is 0 Å². The topological polar surface area (TPSA) is 58.6 Å². The molecule has 1 saturated heterocycles. The lowest BCUT2D eigenvalue weighted by Gasteiger charge is -2.39. The lowest BCUT2D eigenvalue weighted by molar-refractivity contribution is -0.123. The normalized spacial score (nSPS) is 26.1. The Hall–Kier alpha value is -0.320. The first-order valence-electron chi connectivity index (χ1n) is 5.75. The first kappa shape index (κ1) is 12.1. The van der Waals surface area contributed by atoms with Crippen molar-refractivity contribution in [1.82, 2.24) is 5.32 Å². The summed E-state index contributed by atoms with van der Waals surface area (Å²) in [5.74, 6) is -0.180. The summed E-state index contributed by atoms with van der Waals surface area (Å²) < 4.78 is 5.27. The van der Waals surface area contributed by atoms with Crippen LogP contribution in [0.2, 0.25) is 0 Å². The molecule has 2 rings (SSSR count). The van der Waals surface area contributed by atoms with Gasteiger partial charge in [-0.05, 0) is 12.8 Å². The van der Waals surface area contributed by atoms with E-state index in [1.165, 1.54) is 0 Å². The Morgan fingerprint density at radius 1 is 1.31 bits per heavy atom. The van der Waals surface area contributed by atoms with Crippen molar-refractivity contribution in [3.05, 3.63) is 0 Å². The monoisotopic (exact) mass is 247 g/mol. The van der Waals surface area contributed by atoms with Crippen LogP contribution < -0.4 is 5.32 Å². The molecular weight excluding hydrogens is 230 g/mol. The van der Waals surface area contributed by atoms with Gasteiger partial charge in [0.2, 0.25) is 5.91 Å². The Kier molecular flexibility index (Phi) is 3.42. The maximum atomic E-state index is 11.1. The molecule has 4 nitrogen and oxygen atoms in total. The van der Waals surface area contributed by atoms with Crippen LogP contribution in [0.1, 0.15) is 25.7 Å². The molecular formula is C11H18ClNO3. The molecule has 0 radical (unpaired) electrons. The molecule has 0 aromatic carbocycles. The fourth-order valence-electron chi connectivity index (χ4n) is 2.51. The van der Waals surface area contributed by atoms with E-state index in [9.17, 15) is 9.90 Å². The van der Waals surface area contributed by atoms with Crippen LogP contribution in [0.25, 0.3) is 0 Å². The smallest absolute Gasteiger partial charge is 0.234 e. The Balaban J connectivity index is 1.93. The molecule has 0 bridgehead atoms. The second kappa shape index (κ2) is 4.51. The van der Waals surface area contributed by atoms with E-state index in [4.69, 9.17) is 16.3 Å². The number of rotatable bonds is 4.